The summed E-state index contributed by atoms with van der Waals surface area (Å²) in [6.07, 6.45) is 0. The number of rotatable bonds is 4. The zero-order valence-electron chi connectivity index (χ0n) is 9.51. The van der Waals surface area contributed by atoms with Crippen molar-refractivity contribution in [3.05, 3.63) is 68.9 Å². The Balaban J connectivity index is 2.56. The number of fused-ring (bicyclic) bond motifs is 1. The van der Waals surface area contributed by atoms with E-state index in [1.807, 2.05) is 42.5 Å². The highest BCUT2D eigenvalue weighted by Crippen LogP contribution is 2.27. The maximum atomic E-state index is 8.59. The molecule has 2 aromatic rings. The first kappa shape index (κ1) is 11.8. The van der Waals surface area contributed by atoms with Crippen LogP contribution in [0.4, 0.5) is 0 Å². The molecule has 0 aromatic heterocycles. The van der Waals surface area contributed by atoms with Crippen LogP contribution in [0.3, 0.4) is 0 Å². The standard InChI is InChI=1S/C12H10N6/c13-17-15-8-12(16-18-14)11-7-3-5-9-4-1-2-6-10(9)11/h1-7,12H,8H2. The van der Waals surface area contributed by atoms with Crippen molar-refractivity contribution in [2.45, 2.75) is 6.04 Å². The molecular weight excluding hydrogens is 228 g/mol. The maximum absolute atomic E-state index is 8.59. The molecule has 6 heteroatoms. The van der Waals surface area contributed by atoms with Crippen LogP contribution in [0.1, 0.15) is 11.6 Å². The van der Waals surface area contributed by atoms with Gasteiger partial charge >= 0.3 is 0 Å². The summed E-state index contributed by atoms with van der Waals surface area (Å²) in [5.41, 5.74) is 17.8. The van der Waals surface area contributed by atoms with Gasteiger partial charge in [-0.3, -0.25) is 0 Å². The Morgan fingerprint density at radius 2 is 1.78 bits per heavy atom. The van der Waals surface area contributed by atoms with Crippen LogP contribution in [0.2, 0.25) is 0 Å². The van der Waals surface area contributed by atoms with E-state index in [-0.39, 0.29) is 6.54 Å². The van der Waals surface area contributed by atoms with Gasteiger partial charge in [-0.05, 0) is 27.4 Å². The Labute approximate surface area is 103 Å². The Bertz CT molecular complexity index is 647. The first-order valence-electron chi connectivity index (χ1n) is 5.39. The maximum Gasteiger partial charge on any atom is 0.0687 e. The fourth-order valence-electron chi connectivity index (χ4n) is 1.91. The highest BCUT2D eigenvalue weighted by Gasteiger charge is 2.11. The lowest BCUT2D eigenvalue weighted by Crippen LogP contribution is -1.99. The molecule has 0 heterocycles. The van der Waals surface area contributed by atoms with E-state index in [2.05, 4.69) is 20.1 Å². The highest BCUT2D eigenvalue weighted by molar-refractivity contribution is 5.86. The predicted octanol–water partition coefficient (Wildman–Crippen LogP) is 4.50. The van der Waals surface area contributed by atoms with Gasteiger partial charge in [-0.2, -0.15) is 0 Å². The van der Waals surface area contributed by atoms with Crippen molar-refractivity contribution >= 4 is 10.8 Å². The van der Waals surface area contributed by atoms with Crippen molar-refractivity contribution in [2.75, 3.05) is 6.54 Å². The first-order chi connectivity index (χ1) is 8.86. The predicted molar refractivity (Wildman–Crippen MR) is 69.8 cm³/mol. The third-order valence-corrected chi connectivity index (χ3v) is 2.69. The molecule has 0 aliphatic heterocycles. The average Bonchev–Trinajstić information content (AvgIpc) is 2.43. The van der Waals surface area contributed by atoms with Crippen molar-refractivity contribution < 1.29 is 0 Å². The third kappa shape index (κ3) is 2.35. The summed E-state index contributed by atoms with van der Waals surface area (Å²) in [6.45, 7) is 0.120. The summed E-state index contributed by atoms with van der Waals surface area (Å²) in [6, 6.07) is 13.1. The molecule has 0 spiro atoms. The lowest BCUT2D eigenvalue weighted by molar-refractivity contribution is 0.732. The summed E-state index contributed by atoms with van der Waals surface area (Å²) in [5, 5.41) is 9.26. The summed E-state index contributed by atoms with van der Waals surface area (Å²) in [5.74, 6) is 0. The smallest absolute Gasteiger partial charge is 0.0687 e. The SMILES string of the molecule is [N-]=[N+]=NCC(N=[N+]=[N-])c1cccc2ccccc12. The third-order valence-electron chi connectivity index (χ3n) is 2.69. The number of azide groups is 2. The molecule has 0 aliphatic carbocycles. The summed E-state index contributed by atoms with van der Waals surface area (Å²) < 4.78 is 0. The quantitative estimate of drug-likeness (QED) is 0.425. The molecule has 0 fully saturated rings. The van der Waals surface area contributed by atoms with Crippen LogP contribution in [-0.4, -0.2) is 6.54 Å². The second kappa shape index (κ2) is 5.59. The van der Waals surface area contributed by atoms with E-state index in [4.69, 9.17) is 11.1 Å². The number of benzene rings is 2. The molecule has 0 N–H and O–H groups in total. The van der Waals surface area contributed by atoms with Gasteiger partial charge in [0.2, 0.25) is 0 Å². The minimum atomic E-state index is -0.475. The molecular formula is C12H10N6. The molecule has 1 unspecified atom stereocenters. The zero-order chi connectivity index (χ0) is 12.8. The van der Waals surface area contributed by atoms with Gasteiger partial charge in [0.05, 0.1) is 6.04 Å². The second-order valence-corrected chi connectivity index (χ2v) is 3.70. The topological polar surface area (TPSA) is 97.5 Å². The minimum absolute atomic E-state index is 0.120. The number of nitrogens with zero attached hydrogens (tertiary/aromatic N) is 6. The average molecular weight is 238 g/mol. The van der Waals surface area contributed by atoms with E-state index in [0.29, 0.717) is 0 Å². The van der Waals surface area contributed by atoms with Crippen LogP contribution in [0.25, 0.3) is 31.7 Å². The van der Waals surface area contributed by atoms with Gasteiger partial charge in [0, 0.05) is 16.4 Å². The summed E-state index contributed by atoms with van der Waals surface area (Å²) in [4.78, 5) is 5.52. The van der Waals surface area contributed by atoms with Gasteiger partial charge in [0.25, 0.3) is 0 Å². The molecule has 6 nitrogen and oxygen atoms in total. The number of hydrogen-bond acceptors (Lipinski definition) is 2. The molecule has 2 aromatic carbocycles. The van der Waals surface area contributed by atoms with E-state index < -0.39 is 6.04 Å². The van der Waals surface area contributed by atoms with E-state index in [1.165, 1.54) is 0 Å². The summed E-state index contributed by atoms with van der Waals surface area (Å²) in [7, 11) is 0. The molecule has 0 bridgehead atoms. The van der Waals surface area contributed by atoms with Gasteiger partial charge < -0.3 is 0 Å². The van der Waals surface area contributed by atoms with Crippen molar-refractivity contribution in [1.82, 2.24) is 0 Å². The second-order valence-electron chi connectivity index (χ2n) is 3.70. The monoisotopic (exact) mass is 238 g/mol. The minimum Gasteiger partial charge on any atom is -0.0932 e. The van der Waals surface area contributed by atoms with Crippen LogP contribution in [0.5, 0.6) is 0 Å². The van der Waals surface area contributed by atoms with Crippen molar-refractivity contribution in [1.29, 1.82) is 0 Å². The van der Waals surface area contributed by atoms with E-state index in [1.54, 1.807) is 0 Å². The van der Waals surface area contributed by atoms with Crippen LogP contribution in [0, 0.1) is 0 Å². The van der Waals surface area contributed by atoms with Crippen molar-refractivity contribution in [3.63, 3.8) is 0 Å². The first-order valence-corrected chi connectivity index (χ1v) is 5.39. The van der Waals surface area contributed by atoms with E-state index in [9.17, 15) is 0 Å². The van der Waals surface area contributed by atoms with Gasteiger partial charge in [-0.1, -0.05) is 52.7 Å². The lowest BCUT2D eigenvalue weighted by Gasteiger charge is -2.11. The molecule has 0 radical (unpaired) electrons. The Hall–Kier alpha value is -2.68. The molecule has 88 valence electrons. The van der Waals surface area contributed by atoms with E-state index >= 15 is 0 Å². The molecule has 0 amide bonds. The lowest BCUT2D eigenvalue weighted by atomic mass is 9.99. The van der Waals surface area contributed by atoms with Crippen molar-refractivity contribution in [3.8, 4) is 0 Å². The van der Waals surface area contributed by atoms with Gasteiger partial charge in [0.1, 0.15) is 0 Å². The Morgan fingerprint density at radius 1 is 1.00 bits per heavy atom. The van der Waals surface area contributed by atoms with Crippen LogP contribution >= 0.6 is 0 Å². The van der Waals surface area contributed by atoms with Crippen LogP contribution in [0.15, 0.2) is 52.7 Å². The largest absolute Gasteiger partial charge is 0.0932 e. The summed E-state index contributed by atoms with van der Waals surface area (Å²) >= 11 is 0. The van der Waals surface area contributed by atoms with Crippen LogP contribution < -0.4 is 0 Å². The van der Waals surface area contributed by atoms with Crippen LogP contribution in [-0.2, 0) is 0 Å². The fraction of sp³-hybridized carbons (Fsp3) is 0.167. The molecule has 2 rings (SSSR count). The fourth-order valence-corrected chi connectivity index (χ4v) is 1.91. The van der Waals surface area contributed by atoms with Gasteiger partial charge in [-0.25, -0.2) is 0 Å². The normalized spacial score (nSPS) is 11.3. The van der Waals surface area contributed by atoms with Gasteiger partial charge in [0.15, 0.2) is 0 Å². The molecule has 0 aliphatic rings. The molecule has 0 saturated heterocycles. The van der Waals surface area contributed by atoms with E-state index in [0.717, 1.165) is 16.3 Å². The zero-order valence-corrected chi connectivity index (χ0v) is 9.51. The molecule has 1 atom stereocenters. The van der Waals surface area contributed by atoms with Gasteiger partial charge in [-0.15, -0.1) is 0 Å². The Morgan fingerprint density at radius 3 is 2.56 bits per heavy atom. The number of hydrogen-bond donors (Lipinski definition) is 0. The van der Waals surface area contributed by atoms with Crippen molar-refractivity contribution in [2.24, 2.45) is 10.2 Å². The molecule has 18 heavy (non-hydrogen) atoms. The molecule has 0 saturated carbocycles. The Kier molecular flexibility index (Phi) is 3.66. The highest BCUT2D eigenvalue weighted by atomic mass is 15.2.